The van der Waals surface area contributed by atoms with E-state index in [-0.39, 0.29) is 37.2 Å². The van der Waals surface area contributed by atoms with Crippen LogP contribution in [0.5, 0.6) is 0 Å². The second kappa shape index (κ2) is 15.1. The Balaban J connectivity index is 1.97. The summed E-state index contributed by atoms with van der Waals surface area (Å²) >= 11 is 6.19. The number of carbonyl (C=O) groups excluding carboxylic acids is 1. The Morgan fingerprint density at radius 1 is 1.26 bits per heavy atom. The lowest BCUT2D eigenvalue weighted by molar-refractivity contribution is 0.0115. The van der Waals surface area contributed by atoms with Crippen molar-refractivity contribution in [3.8, 4) is 0 Å². The summed E-state index contributed by atoms with van der Waals surface area (Å²) in [4.78, 5) is 25.4. The van der Waals surface area contributed by atoms with Crippen molar-refractivity contribution in [2.75, 3.05) is 40.3 Å². The number of ether oxygens (including phenoxy) is 1. The van der Waals surface area contributed by atoms with Gasteiger partial charge in [0.1, 0.15) is 0 Å². The minimum Gasteiger partial charge on any atom is -0.465 e. The number of carboxylic acid groups (broad SMARTS) is 1. The number of hydrogen-bond donors (Lipinski definition) is 4. The maximum absolute atomic E-state index is 13.0. The van der Waals surface area contributed by atoms with Crippen molar-refractivity contribution >= 4 is 23.7 Å². The van der Waals surface area contributed by atoms with Gasteiger partial charge in [-0.15, -0.1) is 0 Å². The van der Waals surface area contributed by atoms with Gasteiger partial charge in [-0.1, -0.05) is 62.8 Å². The number of halogens is 1. The van der Waals surface area contributed by atoms with E-state index in [2.05, 4.69) is 16.0 Å². The normalized spacial score (nSPS) is 16.9. The number of hydrogen-bond acceptors (Lipinski definition) is 4. The first-order valence-electron chi connectivity index (χ1n) is 12.3. The van der Waals surface area contributed by atoms with Crippen molar-refractivity contribution in [1.82, 2.24) is 20.9 Å². The maximum Gasteiger partial charge on any atom is 0.404 e. The Hall–Kier alpha value is -2.03. The van der Waals surface area contributed by atoms with Gasteiger partial charge in [-0.3, -0.25) is 0 Å². The molecular formula is C25H41ClN4O4. The van der Waals surface area contributed by atoms with E-state index in [1.807, 2.05) is 32.2 Å². The number of nitrogens with zero attached hydrogens (tertiary/aromatic N) is 1. The number of carbonyl (C=O) groups is 2. The molecule has 34 heavy (non-hydrogen) atoms. The van der Waals surface area contributed by atoms with Crippen LogP contribution in [0, 0.1) is 11.8 Å². The van der Waals surface area contributed by atoms with Gasteiger partial charge in [0.15, 0.2) is 0 Å². The first kappa shape index (κ1) is 28.2. The molecule has 2 rings (SSSR count). The van der Waals surface area contributed by atoms with Crippen molar-refractivity contribution < 1.29 is 19.4 Å². The fraction of sp³-hybridized carbons (Fsp3) is 0.680. The molecular weight excluding hydrogens is 456 g/mol. The van der Waals surface area contributed by atoms with E-state index >= 15 is 0 Å². The number of benzene rings is 1. The van der Waals surface area contributed by atoms with Gasteiger partial charge < -0.3 is 30.7 Å². The molecule has 1 aromatic rings. The van der Waals surface area contributed by atoms with Gasteiger partial charge in [0.25, 0.3) is 0 Å². The van der Waals surface area contributed by atoms with Gasteiger partial charge >= 0.3 is 12.1 Å². The molecule has 1 aliphatic rings. The number of rotatable bonds is 13. The molecule has 0 unspecified atom stereocenters. The van der Waals surface area contributed by atoms with Crippen LogP contribution in [0.15, 0.2) is 24.3 Å². The number of nitrogens with one attached hydrogen (secondary N) is 3. The zero-order chi connectivity index (χ0) is 24.9. The molecule has 0 saturated heterocycles. The lowest BCUT2D eigenvalue weighted by Gasteiger charge is -2.31. The Bertz CT molecular complexity index is 760. The topological polar surface area (TPSA) is 103 Å². The summed E-state index contributed by atoms with van der Waals surface area (Å²) in [6.07, 6.45) is 5.97. The molecule has 192 valence electrons. The monoisotopic (exact) mass is 496 g/mol. The largest absolute Gasteiger partial charge is 0.465 e. The van der Waals surface area contributed by atoms with E-state index in [0.717, 1.165) is 18.5 Å². The minimum atomic E-state index is -1.09. The highest BCUT2D eigenvalue weighted by Crippen LogP contribution is 2.29. The first-order valence-corrected chi connectivity index (χ1v) is 12.7. The summed E-state index contributed by atoms with van der Waals surface area (Å²) in [5.74, 6) is 0.636. The van der Waals surface area contributed by atoms with Gasteiger partial charge in [0.2, 0.25) is 0 Å². The van der Waals surface area contributed by atoms with Crippen LogP contribution >= 0.6 is 11.6 Å². The smallest absolute Gasteiger partial charge is 0.404 e. The van der Waals surface area contributed by atoms with Gasteiger partial charge in [-0.2, -0.15) is 0 Å². The van der Waals surface area contributed by atoms with E-state index in [0.29, 0.717) is 17.5 Å². The summed E-state index contributed by atoms with van der Waals surface area (Å²) in [6, 6.07) is 7.44. The molecule has 0 heterocycles. The lowest BCUT2D eigenvalue weighted by Crippen LogP contribution is -2.48. The van der Waals surface area contributed by atoms with Crippen LogP contribution in [-0.4, -0.2) is 68.5 Å². The predicted molar refractivity (Wildman–Crippen MR) is 135 cm³/mol. The second-order valence-corrected chi connectivity index (χ2v) is 9.82. The Morgan fingerprint density at radius 3 is 2.65 bits per heavy atom. The Kier molecular flexibility index (Phi) is 12.5. The van der Waals surface area contributed by atoms with Crippen molar-refractivity contribution in [1.29, 1.82) is 0 Å². The van der Waals surface area contributed by atoms with Crippen LogP contribution in [0.3, 0.4) is 0 Å². The molecule has 8 nitrogen and oxygen atoms in total. The maximum atomic E-state index is 13.0. The van der Waals surface area contributed by atoms with Gasteiger partial charge in [0, 0.05) is 43.7 Å². The minimum absolute atomic E-state index is 0.0415. The molecule has 0 radical (unpaired) electrons. The lowest BCUT2D eigenvalue weighted by atomic mass is 9.85. The molecule has 4 N–H and O–H groups in total. The van der Waals surface area contributed by atoms with Crippen LogP contribution in [0.1, 0.15) is 57.1 Å². The summed E-state index contributed by atoms with van der Waals surface area (Å²) in [5.41, 5.74) is 0.898. The molecule has 1 aromatic carbocycles. The van der Waals surface area contributed by atoms with Gasteiger partial charge in [-0.05, 0) is 37.1 Å². The Labute approximate surface area is 208 Å². The average Bonchev–Trinajstić information content (AvgIpc) is 2.79. The summed E-state index contributed by atoms with van der Waals surface area (Å²) in [5, 5.41) is 18.1. The molecule has 9 heteroatoms. The molecule has 1 saturated carbocycles. The van der Waals surface area contributed by atoms with Crippen LogP contribution in [0.2, 0.25) is 5.02 Å². The molecule has 3 amide bonds. The number of urea groups is 1. The quantitative estimate of drug-likeness (QED) is 0.301. The third kappa shape index (κ3) is 10.1. The van der Waals surface area contributed by atoms with E-state index in [4.69, 9.17) is 21.4 Å². The highest BCUT2D eigenvalue weighted by Gasteiger charge is 2.25. The number of amides is 3. The molecule has 1 fully saturated rings. The Morgan fingerprint density at radius 2 is 2.00 bits per heavy atom. The van der Waals surface area contributed by atoms with Crippen molar-refractivity contribution in [2.24, 2.45) is 11.8 Å². The third-order valence-corrected chi connectivity index (χ3v) is 6.63. The fourth-order valence-electron chi connectivity index (χ4n) is 4.78. The van der Waals surface area contributed by atoms with Crippen molar-refractivity contribution in [3.63, 3.8) is 0 Å². The van der Waals surface area contributed by atoms with Gasteiger partial charge in [-0.25, -0.2) is 9.59 Å². The number of likely N-dealkylation sites (N-methyl/N-ethyl adjacent to an activating group) is 1. The molecule has 0 spiro atoms. The second-order valence-electron chi connectivity index (χ2n) is 9.38. The average molecular weight is 497 g/mol. The summed E-state index contributed by atoms with van der Waals surface area (Å²) in [7, 11) is 3.71. The van der Waals surface area contributed by atoms with Crippen molar-refractivity contribution in [2.45, 2.75) is 57.6 Å². The highest BCUT2D eigenvalue weighted by atomic mass is 35.5. The van der Waals surface area contributed by atoms with E-state index in [9.17, 15) is 9.59 Å². The van der Waals surface area contributed by atoms with E-state index in [1.165, 1.54) is 32.1 Å². The zero-order valence-electron chi connectivity index (χ0n) is 20.7. The molecule has 0 aromatic heterocycles. The summed E-state index contributed by atoms with van der Waals surface area (Å²) in [6.45, 7) is 3.65. The molecule has 1 aliphatic carbocycles. The van der Waals surface area contributed by atoms with Crippen LogP contribution in [-0.2, 0) is 4.74 Å². The van der Waals surface area contributed by atoms with Gasteiger partial charge in [0.05, 0.1) is 12.7 Å². The van der Waals surface area contributed by atoms with Crippen LogP contribution in [0.4, 0.5) is 9.59 Å². The predicted octanol–water partition coefficient (Wildman–Crippen LogP) is 4.50. The fourth-order valence-corrected chi connectivity index (χ4v) is 4.98. The highest BCUT2D eigenvalue weighted by molar-refractivity contribution is 6.30. The zero-order valence-corrected chi connectivity index (χ0v) is 21.4. The standard InChI is InChI=1S/C25H41ClN4O4/c1-18(23(34-13-12-28-25(32)33)20-10-7-11-21(26)15-20)17-30(3)24(31)29-22(16-27-2)14-19-8-5-4-6-9-19/h7,10-11,15,18-19,22-23,27-28H,4-6,8-9,12-14,16-17H2,1-3H3,(H,29,31)(H,32,33)/t18-,22+,23-/m1/s1. The SMILES string of the molecule is CNC[C@H](CC1CCCCC1)NC(=O)N(C)C[C@@H](C)[C@@H](OCCNC(=O)O)c1cccc(Cl)c1. The van der Waals surface area contributed by atoms with E-state index < -0.39 is 6.09 Å². The first-order chi connectivity index (χ1) is 16.3. The van der Waals surface area contributed by atoms with Crippen LogP contribution in [0.25, 0.3) is 0 Å². The van der Waals surface area contributed by atoms with Crippen LogP contribution < -0.4 is 16.0 Å². The van der Waals surface area contributed by atoms with E-state index in [1.54, 1.807) is 18.0 Å². The third-order valence-electron chi connectivity index (χ3n) is 6.40. The van der Waals surface area contributed by atoms with Crippen molar-refractivity contribution in [3.05, 3.63) is 34.9 Å². The molecule has 0 aliphatic heterocycles. The summed E-state index contributed by atoms with van der Waals surface area (Å²) < 4.78 is 6.04. The molecule has 0 bridgehead atoms. The molecule has 3 atom stereocenters.